The molecule has 216 valence electrons. The van der Waals surface area contributed by atoms with Crippen molar-refractivity contribution in [2.75, 3.05) is 33.0 Å². The van der Waals surface area contributed by atoms with Crippen molar-refractivity contribution in [1.29, 1.82) is 0 Å². The monoisotopic (exact) mass is 537 g/mol. The van der Waals surface area contributed by atoms with Crippen LogP contribution in [0.25, 0.3) is 0 Å². The van der Waals surface area contributed by atoms with E-state index in [1.807, 2.05) is 0 Å². The van der Waals surface area contributed by atoms with Crippen LogP contribution in [0.3, 0.4) is 0 Å². The van der Waals surface area contributed by atoms with E-state index in [0.29, 0.717) is 13.0 Å². The lowest BCUT2D eigenvalue weighted by Crippen LogP contribution is -2.28. The Morgan fingerprint density at radius 2 is 1.22 bits per heavy atom. The number of unbranched alkanes of at least 4 members (excludes halogenated alkanes) is 15. The molecule has 36 heavy (non-hydrogen) atoms. The van der Waals surface area contributed by atoms with Gasteiger partial charge < -0.3 is 20.1 Å². The van der Waals surface area contributed by atoms with Gasteiger partial charge in [0.2, 0.25) is 0 Å². The molecule has 9 heteroatoms. The number of hydrogen-bond acceptors (Lipinski definition) is 7. The smallest absolute Gasteiger partial charge is 0.457 e. The summed E-state index contributed by atoms with van der Waals surface area (Å²) in [5.41, 5.74) is 5.31. The molecule has 8 nitrogen and oxygen atoms in total. The van der Waals surface area contributed by atoms with Gasteiger partial charge in [-0.25, -0.2) is 4.57 Å². The van der Waals surface area contributed by atoms with Crippen LogP contribution in [0.2, 0.25) is 0 Å². The minimum atomic E-state index is -4.24. The highest BCUT2D eigenvalue weighted by Crippen LogP contribution is 2.43. The first-order valence-electron chi connectivity index (χ1n) is 14.5. The number of carbonyl (C=O) groups is 1. The van der Waals surface area contributed by atoms with E-state index in [2.05, 4.69) is 13.8 Å². The molecule has 0 aliphatic carbocycles. The minimum absolute atomic E-state index is 0.0915. The van der Waals surface area contributed by atoms with Gasteiger partial charge in [0.25, 0.3) is 0 Å². The molecule has 0 aromatic heterocycles. The fourth-order valence-corrected chi connectivity index (χ4v) is 4.64. The van der Waals surface area contributed by atoms with Gasteiger partial charge in [0.05, 0.1) is 19.8 Å². The van der Waals surface area contributed by atoms with Crippen LogP contribution in [0.15, 0.2) is 0 Å². The Morgan fingerprint density at radius 3 is 1.75 bits per heavy atom. The first-order chi connectivity index (χ1) is 17.4. The lowest BCUT2D eigenvalue weighted by atomic mass is 10.1. The second-order valence-electron chi connectivity index (χ2n) is 9.63. The summed E-state index contributed by atoms with van der Waals surface area (Å²) >= 11 is 0. The number of phosphoric ester groups is 1. The zero-order valence-corrected chi connectivity index (χ0v) is 24.2. The van der Waals surface area contributed by atoms with Crippen LogP contribution in [0, 0.1) is 0 Å². The molecular formula is C27H56NO7P. The van der Waals surface area contributed by atoms with Gasteiger partial charge in [-0.3, -0.25) is 13.8 Å². The third kappa shape index (κ3) is 25.2. The lowest BCUT2D eigenvalue weighted by Gasteiger charge is -2.20. The van der Waals surface area contributed by atoms with Crippen molar-refractivity contribution in [2.24, 2.45) is 5.73 Å². The van der Waals surface area contributed by atoms with E-state index in [4.69, 9.17) is 24.3 Å². The van der Waals surface area contributed by atoms with Crippen molar-refractivity contribution < 1.29 is 32.8 Å². The average molecular weight is 538 g/mol. The van der Waals surface area contributed by atoms with Crippen LogP contribution >= 0.6 is 7.82 Å². The lowest BCUT2D eigenvalue weighted by molar-refractivity contribution is -0.154. The van der Waals surface area contributed by atoms with Gasteiger partial charge in [0.1, 0.15) is 6.10 Å². The molecule has 0 saturated heterocycles. The van der Waals surface area contributed by atoms with Crippen LogP contribution in [0.5, 0.6) is 0 Å². The Bertz CT molecular complexity index is 536. The molecule has 3 N–H and O–H groups in total. The summed E-state index contributed by atoms with van der Waals surface area (Å²) < 4.78 is 32.9. The third-order valence-corrected chi connectivity index (χ3v) is 7.01. The van der Waals surface area contributed by atoms with E-state index in [0.717, 1.165) is 32.1 Å². The number of carbonyl (C=O) groups excluding carboxylic acids is 1. The molecule has 0 aliphatic heterocycles. The number of phosphoric acid groups is 1. The van der Waals surface area contributed by atoms with Crippen LogP contribution in [0.1, 0.15) is 129 Å². The SMILES string of the molecule is CCCCCCCCCCCOCC(COP(=O)(O)OCCN)OC(=O)CCCCCCCCCC. The van der Waals surface area contributed by atoms with E-state index in [-0.39, 0.29) is 32.3 Å². The second-order valence-corrected chi connectivity index (χ2v) is 11.1. The van der Waals surface area contributed by atoms with Gasteiger partial charge in [-0.05, 0) is 12.8 Å². The van der Waals surface area contributed by atoms with Crippen molar-refractivity contribution in [1.82, 2.24) is 0 Å². The maximum Gasteiger partial charge on any atom is 0.472 e. The van der Waals surface area contributed by atoms with Gasteiger partial charge in [-0.2, -0.15) is 0 Å². The quantitative estimate of drug-likeness (QED) is 0.0618. The standard InChI is InChI=1S/C27H56NO7P/c1-3-5-7-9-11-13-15-17-19-22-32-24-26(25-34-36(30,31)33-23-21-28)35-27(29)20-18-16-14-12-10-8-6-4-2/h26H,3-25,28H2,1-2H3,(H,30,31). The van der Waals surface area contributed by atoms with Crippen LogP contribution in [0.4, 0.5) is 0 Å². The highest BCUT2D eigenvalue weighted by Gasteiger charge is 2.25. The molecule has 0 fully saturated rings. The van der Waals surface area contributed by atoms with Crippen molar-refractivity contribution in [3.05, 3.63) is 0 Å². The molecule has 0 radical (unpaired) electrons. The molecular weight excluding hydrogens is 481 g/mol. The fourth-order valence-electron chi connectivity index (χ4n) is 3.88. The van der Waals surface area contributed by atoms with E-state index >= 15 is 0 Å². The summed E-state index contributed by atoms with van der Waals surface area (Å²) in [5.74, 6) is -0.336. The van der Waals surface area contributed by atoms with Gasteiger partial charge in [-0.15, -0.1) is 0 Å². The van der Waals surface area contributed by atoms with Crippen molar-refractivity contribution >= 4 is 13.8 Å². The molecule has 0 heterocycles. The maximum atomic E-state index is 12.3. The Kier molecular flexibility index (Phi) is 25.8. The largest absolute Gasteiger partial charge is 0.472 e. The summed E-state index contributed by atoms with van der Waals surface area (Å²) in [5, 5.41) is 0. The second kappa shape index (κ2) is 26.1. The summed E-state index contributed by atoms with van der Waals surface area (Å²) in [6, 6.07) is 0. The number of ether oxygens (including phenoxy) is 2. The van der Waals surface area contributed by atoms with Gasteiger partial charge in [0.15, 0.2) is 0 Å². The van der Waals surface area contributed by atoms with Crippen LogP contribution in [-0.2, 0) is 27.9 Å². The zero-order valence-electron chi connectivity index (χ0n) is 23.3. The van der Waals surface area contributed by atoms with Gasteiger partial charge >= 0.3 is 13.8 Å². The summed E-state index contributed by atoms with van der Waals surface area (Å²) in [7, 11) is -4.24. The fraction of sp³-hybridized carbons (Fsp3) is 0.963. The number of esters is 1. The number of nitrogens with two attached hydrogens (primary N) is 1. The molecule has 0 rings (SSSR count). The Balaban J connectivity index is 4.20. The van der Waals surface area contributed by atoms with Crippen LogP contribution in [-0.4, -0.2) is 49.9 Å². The van der Waals surface area contributed by atoms with E-state index in [1.54, 1.807) is 0 Å². The number of rotatable bonds is 28. The third-order valence-electron chi connectivity index (χ3n) is 6.02. The zero-order chi connectivity index (χ0) is 26.7. The molecule has 2 atom stereocenters. The predicted octanol–water partition coefficient (Wildman–Crippen LogP) is 7.07. The molecule has 0 aromatic rings. The normalized spacial score (nSPS) is 14.0. The van der Waals surface area contributed by atoms with E-state index in [1.165, 1.54) is 77.0 Å². The van der Waals surface area contributed by atoms with E-state index in [9.17, 15) is 14.3 Å². The molecule has 2 unspecified atom stereocenters. The van der Waals surface area contributed by atoms with Crippen molar-refractivity contribution in [3.63, 3.8) is 0 Å². The molecule has 0 amide bonds. The van der Waals surface area contributed by atoms with E-state index < -0.39 is 13.9 Å². The Morgan fingerprint density at radius 1 is 0.722 bits per heavy atom. The first kappa shape index (κ1) is 35.5. The van der Waals surface area contributed by atoms with Crippen molar-refractivity contribution in [3.8, 4) is 0 Å². The van der Waals surface area contributed by atoms with Crippen molar-refractivity contribution in [2.45, 2.75) is 136 Å². The predicted molar refractivity (Wildman–Crippen MR) is 146 cm³/mol. The van der Waals surface area contributed by atoms with Crippen LogP contribution < -0.4 is 5.73 Å². The molecule has 0 saturated carbocycles. The molecule has 0 aromatic carbocycles. The Labute approximate surface area is 221 Å². The number of hydrogen-bond donors (Lipinski definition) is 2. The molecule has 0 aliphatic rings. The van der Waals surface area contributed by atoms with Gasteiger partial charge in [0, 0.05) is 19.6 Å². The molecule has 0 spiro atoms. The summed E-state index contributed by atoms with van der Waals surface area (Å²) in [4.78, 5) is 22.1. The highest BCUT2D eigenvalue weighted by atomic mass is 31.2. The topological polar surface area (TPSA) is 117 Å². The summed E-state index contributed by atoms with van der Waals surface area (Å²) in [6.45, 7) is 4.86. The Hall–Kier alpha value is -0.500. The average Bonchev–Trinajstić information content (AvgIpc) is 2.86. The maximum absolute atomic E-state index is 12.3. The highest BCUT2D eigenvalue weighted by molar-refractivity contribution is 7.47. The summed E-state index contributed by atoms with van der Waals surface area (Å²) in [6.07, 6.45) is 19.8. The first-order valence-corrected chi connectivity index (χ1v) is 16.0. The van der Waals surface area contributed by atoms with Gasteiger partial charge in [-0.1, -0.05) is 110 Å². The molecule has 0 bridgehead atoms. The minimum Gasteiger partial charge on any atom is -0.457 e.